The minimum Gasteiger partial charge on any atom is -0.352 e. The second-order valence-electron chi connectivity index (χ2n) is 6.83. The number of aryl methyl sites for hydroxylation is 1. The smallest absolute Gasteiger partial charge is 0.251 e. The van der Waals surface area contributed by atoms with Crippen LogP contribution in [0.1, 0.15) is 47.3 Å². The molecule has 2 aromatic carbocycles. The Bertz CT molecular complexity index is 785. The summed E-state index contributed by atoms with van der Waals surface area (Å²) >= 11 is 0. The number of carbonyl (C=O) groups is 2. The summed E-state index contributed by atoms with van der Waals surface area (Å²) in [5, 5.41) is 5.78. The van der Waals surface area contributed by atoms with E-state index in [1.807, 2.05) is 37.3 Å². The SMILES string of the molecule is CCN(CC)Cc1ccccc1CNC(=O)CCNC(=O)c1ccccc1C. The first kappa shape index (κ1) is 21.6. The molecule has 0 spiro atoms. The van der Waals surface area contributed by atoms with Gasteiger partial charge in [0, 0.05) is 31.6 Å². The van der Waals surface area contributed by atoms with Gasteiger partial charge in [-0.3, -0.25) is 14.5 Å². The Morgan fingerprint density at radius 1 is 0.893 bits per heavy atom. The van der Waals surface area contributed by atoms with Gasteiger partial charge in [-0.25, -0.2) is 0 Å². The highest BCUT2D eigenvalue weighted by molar-refractivity contribution is 5.95. The average Bonchev–Trinajstić information content (AvgIpc) is 2.71. The molecule has 2 amide bonds. The maximum atomic E-state index is 12.2. The molecule has 28 heavy (non-hydrogen) atoms. The van der Waals surface area contributed by atoms with E-state index in [2.05, 4.69) is 41.5 Å². The average molecular weight is 382 g/mol. The summed E-state index contributed by atoms with van der Waals surface area (Å²) in [4.78, 5) is 26.7. The molecule has 0 aromatic heterocycles. The zero-order valence-electron chi connectivity index (χ0n) is 17.1. The minimum atomic E-state index is -0.143. The summed E-state index contributed by atoms with van der Waals surface area (Å²) in [6.45, 7) is 9.90. The number of amides is 2. The van der Waals surface area contributed by atoms with Crippen LogP contribution in [0.4, 0.5) is 0 Å². The quantitative estimate of drug-likeness (QED) is 0.664. The molecular formula is C23H31N3O2. The van der Waals surface area contributed by atoms with E-state index in [1.54, 1.807) is 6.07 Å². The van der Waals surface area contributed by atoms with Crippen LogP contribution in [0.25, 0.3) is 0 Å². The van der Waals surface area contributed by atoms with Crippen molar-refractivity contribution in [1.82, 2.24) is 15.5 Å². The molecule has 0 heterocycles. The molecule has 0 unspecified atom stereocenters. The van der Waals surface area contributed by atoms with Crippen LogP contribution in [0.2, 0.25) is 0 Å². The third-order valence-corrected chi connectivity index (χ3v) is 4.91. The van der Waals surface area contributed by atoms with E-state index in [-0.39, 0.29) is 18.2 Å². The fraction of sp³-hybridized carbons (Fsp3) is 0.391. The predicted molar refractivity (Wildman–Crippen MR) is 113 cm³/mol. The van der Waals surface area contributed by atoms with Crippen molar-refractivity contribution in [1.29, 1.82) is 0 Å². The summed E-state index contributed by atoms with van der Waals surface area (Å²) in [5.41, 5.74) is 3.94. The molecule has 2 rings (SSSR count). The number of hydrogen-bond donors (Lipinski definition) is 2. The lowest BCUT2D eigenvalue weighted by molar-refractivity contribution is -0.121. The monoisotopic (exact) mass is 381 g/mol. The third-order valence-electron chi connectivity index (χ3n) is 4.91. The number of rotatable bonds is 10. The van der Waals surface area contributed by atoms with Crippen LogP contribution in [-0.4, -0.2) is 36.3 Å². The zero-order chi connectivity index (χ0) is 20.4. The van der Waals surface area contributed by atoms with Crippen molar-refractivity contribution in [3.8, 4) is 0 Å². The van der Waals surface area contributed by atoms with Gasteiger partial charge in [-0.15, -0.1) is 0 Å². The van der Waals surface area contributed by atoms with Gasteiger partial charge in [-0.1, -0.05) is 56.3 Å². The fourth-order valence-corrected chi connectivity index (χ4v) is 3.07. The third kappa shape index (κ3) is 6.50. The van der Waals surface area contributed by atoms with E-state index in [9.17, 15) is 9.59 Å². The summed E-state index contributed by atoms with van der Waals surface area (Å²) in [6.07, 6.45) is 0.260. The van der Waals surface area contributed by atoms with Gasteiger partial charge in [-0.2, -0.15) is 0 Å². The summed E-state index contributed by atoms with van der Waals surface area (Å²) in [5.74, 6) is -0.210. The number of nitrogens with zero attached hydrogens (tertiary/aromatic N) is 1. The van der Waals surface area contributed by atoms with Crippen LogP contribution in [0.5, 0.6) is 0 Å². The Morgan fingerprint density at radius 3 is 2.21 bits per heavy atom. The molecule has 0 aliphatic carbocycles. The largest absolute Gasteiger partial charge is 0.352 e. The molecule has 0 aliphatic heterocycles. The number of carbonyl (C=O) groups excluding carboxylic acids is 2. The summed E-state index contributed by atoms with van der Waals surface area (Å²) in [6, 6.07) is 15.6. The van der Waals surface area contributed by atoms with E-state index in [0.29, 0.717) is 18.7 Å². The highest BCUT2D eigenvalue weighted by atomic mass is 16.2. The zero-order valence-corrected chi connectivity index (χ0v) is 17.1. The Balaban J connectivity index is 1.80. The standard InChI is InChI=1S/C23H31N3O2/c1-4-26(5-2)17-20-12-8-7-11-19(20)16-25-22(27)14-15-24-23(28)21-13-9-6-10-18(21)3/h6-13H,4-5,14-17H2,1-3H3,(H,24,28)(H,25,27). The Kier molecular flexibility index (Phi) is 8.69. The van der Waals surface area contributed by atoms with Gasteiger partial charge >= 0.3 is 0 Å². The predicted octanol–water partition coefficient (Wildman–Crippen LogP) is 3.27. The Hall–Kier alpha value is -2.66. The van der Waals surface area contributed by atoms with Gasteiger partial charge in [0.15, 0.2) is 0 Å². The van der Waals surface area contributed by atoms with Crippen LogP contribution >= 0.6 is 0 Å². The van der Waals surface area contributed by atoms with Crippen molar-refractivity contribution in [2.45, 2.75) is 40.3 Å². The molecule has 2 aromatic rings. The van der Waals surface area contributed by atoms with E-state index in [4.69, 9.17) is 0 Å². The van der Waals surface area contributed by atoms with Crippen LogP contribution in [0, 0.1) is 6.92 Å². The lowest BCUT2D eigenvalue weighted by atomic mass is 10.1. The molecule has 0 saturated heterocycles. The highest BCUT2D eigenvalue weighted by Crippen LogP contribution is 2.12. The molecule has 5 nitrogen and oxygen atoms in total. The number of hydrogen-bond acceptors (Lipinski definition) is 3. The topological polar surface area (TPSA) is 61.4 Å². The maximum absolute atomic E-state index is 12.2. The molecule has 0 atom stereocenters. The van der Waals surface area contributed by atoms with Crippen LogP contribution in [0.15, 0.2) is 48.5 Å². The van der Waals surface area contributed by atoms with Gasteiger partial charge in [0.25, 0.3) is 5.91 Å². The second-order valence-corrected chi connectivity index (χ2v) is 6.83. The first-order chi connectivity index (χ1) is 13.5. The first-order valence-corrected chi connectivity index (χ1v) is 9.94. The van der Waals surface area contributed by atoms with Crippen molar-refractivity contribution in [3.63, 3.8) is 0 Å². The lowest BCUT2D eigenvalue weighted by Gasteiger charge is -2.20. The van der Waals surface area contributed by atoms with Crippen LogP contribution < -0.4 is 10.6 Å². The summed E-state index contributed by atoms with van der Waals surface area (Å²) in [7, 11) is 0. The molecular weight excluding hydrogens is 350 g/mol. The van der Waals surface area contributed by atoms with E-state index < -0.39 is 0 Å². The Labute approximate surface area is 168 Å². The fourth-order valence-electron chi connectivity index (χ4n) is 3.07. The van der Waals surface area contributed by atoms with Gasteiger partial charge in [0.2, 0.25) is 5.91 Å². The van der Waals surface area contributed by atoms with Crippen molar-refractivity contribution in [2.75, 3.05) is 19.6 Å². The number of benzene rings is 2. The van der Waals surface area contributed by atoms with Crippen LogP contribution in [-0.2, 0) is 17.9 Å². The molecule has 5 heteroatoms. The van der Waals surface area contributed by atoms with Gasteiger partial charge in [0.1, 0.15) is 0 Å². The van der Waals surface area contributed by atoms with Crippen molar-refractivity contribution in [3.05, 3.63) is 70.8 Å². The molecule has 0 bridgehead atoms. The molecule has 150 valence electrons. The van der Waals surface area contributed by atoms with Gasteiger partial charge in [0.05, 0.1) is 0 Å². The molecule has 0 saturated carbocycles. The van der Waals surface area contributed by atoms with Gasteiger partial charge in [-0.05, 0) is 42.8 Å². The summed E-state index contributed by atoms with van der Waals surface area (Å²) < 4.78 is 0. The maximum Gasteiger partial charge on any atom is 0.251 e. The Morgan fingerprint density at radius 2 is 1.54 bits per heavy atom. The second kappa shape index (κ2) is 11.2. The highest BCUT2D eigenvalue weighted by Gasteiger charge is 2.10. The lowest BCUT2D eigenvalue weighted by Crippen LogP contribution is -2.31. The molecule has 0 fully saturated rings. The van der Waals surface area contributed by atoms with E-state index in [0.717, 1.165) is 30.8 Å². The van der Waals surface area contributed by atoms with Gasteiger partial charge < -0.3 is 10.6 Å². The van der Waals surface area contributed by atoms with E-state index in [1.165, 1.54) is 5.56 Å². The molecule has 2 N–H and O–H groups in total. The van der Waals surface area contributed by atoms with Crippen LogP contribution in [0.3, 0.4) is 0 Å². The molecule has 0 aliphatic rings. The van der Waals surface area contributed by atoms with Crippen molar-refractivity contribution >= 4 is 11.8 Å². The molecule has 0 radical (unpaired) electrons. The van der Waals surface area contributed by atoms with Crippen molar-refractivity contribution in [2.24, 2.45) is 0 Å². The van der Waals surface area contributed by atoms with Crippen molar-refractivity contribution < 1.29 is 9.59 Å². The van der Waals surface area contributed by atoms with E-state index >= 15 is 0 Å². The minimum absolute atomic E-state index is 0.0669. The number of nitrogens with one attached hydrogen (secondary N) is 2. The normalized spacial score (nSPS) is 10.7. The first-order valence-electron chi connectivity index (χ1n) is 9.94.